The molecule has 5 rings (SSSR count). The van der Waals surface area contributed by atoms with E-state index in [2.05, 4.69) is 5.32 Å². The molecule has 0 aromatic heterocycles. The summed E-state index contributed by atoms with van der Waals surface area (Å²) in [5, 5.41) is 9.47. The Bertz CT molecular complexity index is 1840. The van der Waals surface area contributed by atoms with Gasteiger partial charge in [-0.2, -0.15) is 0 Å². The highest BCUT2D eigenvalue weighted by Crippen LogP contribution is 2.46. The summed E-state index contributed by atoms with van der Waals surface area (Å²) in [7, 11) is -4.27. The molecule has 49 heavy (non-hydrogen) atoms. The van der Waals surface area contributed by atoms with Gasteiger partial charge in [0.25, 0.3) is 0 Å². The first kappa shape index (κ1) is 36.9. The number of piperazine rings is 1. The summed E-state index contributed by atoms with van der Waals surface area (Å²) in [5.41, 5.74) is 1.39. The van der Waals surface area contributed by atoms with Crippen molar-refractivity contribution in [1.29, 1.82) is 0 Å². The molecule has 262 valence electrons. The first-order valence-electron chi connectivity index (χ1n) is 15.8. The quantitative estimate of drug-likeness (QED) is 0.295. The van der Waals surface area contributed by atoms with Gasteiger partial charge >= 0.3 is 6.03 Å². The molecule has 3 aromatic rings. The van der Waals surface area contributed by atoms with Gasteiger partial charge in [0.2, 0.25) is 15.9 Å². The van der Waals surface area contributed by atoms with Crippen LogP contribution in [0, 0.1) is 0 Å². The van der Waals surface area contributed by atoms with Crippen LogP contribution in [0.15, 0.2) is 70.6 Å². The molecule has 0 bridgehead atoms. The van der Waals surface area contributed by atoms with E-state index in [0.717, 1.165) is 11.1 Å². The number of sulfonamides is 1. The molecule has 1 saturated heterocycles. The molecule has 0 radical (unpaired) electrons. The van der Waals surface area contributed by atoms with Gasteiger partial charge in [0.1, 0.15) is 22.5 Å². The molecule has 0 unspecified atom stereocenters. The van der Waals surface area contributed by atoms with E-state index in [9.17, 15) is 18.0 Å². The van der Waals surface area contributed by atoms with E-state index in [1.54, 1.807) is 41.0 Å². The molecule has 3 amide bonds. The molecular formula is C34H39Cl3N6O5S. The number of hydrogen-bond donors (Lipinski definition) is 2. The zero-order valence-corrected chi connectivity index (χ0v) is 30.7. The number of nitrogens with two attached hydrogens (primary N) is 1. The number of urea groups is 1. The van der Waals surface area contributed by atoms with Crippen LogP contribution in [0.2, 0.25) is 15.1 Å². The van der Waals surface area contributed by atoms with Crippen molar-refractivity contribution in [3.8, 4) is 5.75 Å². The number of nitrogens with zero attached hydrogens (tertiary/aromatic N) is 4. The van der Waals surface area contributed by atoms with Crippen LogP contribution in [0.5, 0.6) is 5.75 Å². The number of nitrogens with one attached hydrogen (secondary N) is 1. The number of ether oxygens (including phenoxy) is 1. The lowest BCUT2D eigenvalue weighted by Gasteiger charge is -2.39. The maximum absolute atomic E-state index is 14.8. The van der Waals surface area contributed by atoms with Crippen LogP contribution in [0.25, 0.3) is 0 Å². The standard InChI is InChI=1S/C34H39Cl3N6O5S/c1-5-48-27-19-26(37)28(49(38,46)47)18-25(27)32-39-30(21-6-10-23(35)11-7-21)31(22-8-12-24(36)13-9-22)43(32)33(45)42-16-14-41(15-17-42)20-29(44)40-34(2,3)4/h6-13,18-19,30-31H,5,14-17,20H2,1-4H3,(H,40,44)(H2,38,46,47)/t30-,31+/m0/s1. The van der Waals surface area contributed by atoms with Crippen molar-refractivity contribution in [3.05, 3.63) is 92.4 Å². The lowest BCUT2D eigenvalue weighted by Crippen LogP contribution is -2.56. The van der Waals surface area contributed by atoms with Crippen molar-refractivity contribution in [2.75, 3.05) is 39.3 Å². The number of amidine groups is 1. The van der Waals surface area contributed by atoms with Crippen molar-refractivity contribution in [2.45, 2.75) is 50.2 Å². The summed E-state index contributed by atoms with van der Waals surface area (Å²) in [6.07, 6.45) is 0. The van der Waals surface area contributed by atoms with Gasteiger partial charge in [0, 0.05) is 47.8 Å². The lowest BCUT2D eigenvalue weighted by atomic mass is 9.93. The Balaban J connectivity index is 1.61. The highest BCUT2D eigenvalue weighted by molar-refractivity contribution is 7.89. The monoisotopic (exact) mass is 748 g/mol. The van der Waals surface area contributed by atoms with Crippen LogP contribution in [0.4, 0.5) is 4.79 Å². The molecule has 2 heterocycles. The van der Waals surface area contributed by atoms with Crippen LogP contribution in [0.1, 0.15) is 56.5 Å². The molecule has 0 saturated carbocycles. The van der Waals surface area contributed by atoms with Crippen molar-refractivity contribution in [1.82, 2.24) is 20.0 Å². The Morgan fingerprint density at radius 1 is 0.939 bits per heavy atom. The van der Waals surface area contributed by atoms with E-state index in [1.807, 2.05) is 49.9 Å². The van der Waals surface area contributed by atoms with E-state index in [4.69, 9.17) is 49.7 Å². The van der Waals surface area contributed by atoms with E-state index in [-0.39, 0.29) is 57.7 Å². The molecule has 11 nitrogen and oxygen atoms in total. The van der Waals surface area contributed by atoms with Gasteiger partial charge in [-0.3, -0.25) is 19.6 Å². The first-order chi connectivity index (χ1) is 23.1. The van der Waals surface area contributed by atoms with Crippen molar-refractivity contribution in [3.63, 3.8) is 0 Å². The Kier molecular flexibility index (Phi) is 11.2. The molecule has 2 aliphatic rings. The fraction of sp³-hybridized carbons (Fsp3) is 0.382. The van der Waals surface area contributed by atoms with E-state index in [0.29, 0.717) is 36.2 Å². The van der Waals surface area contributed by atoms with Gasteiger partial charge in [0.05, 0.1) is 29.8 Å². The molecular weight excluding hydrogens is 711 g/mol. The molecule has 1 fully saturated rings. The van der Waals surface area contributed by atoms with Crippen molar-refractivity contribution >= 4 is 62.6 Å². The predicted molar refractivity (Wildman–Crippen MR) is 192 cm³/mol. The SMILES string of the molecule is CCOc1cc(Cl)c(S(N)(=O)=O)cc1C1=N[C@@H](c2ccc(Cl)cc2)[C@@H](c2ccc(Cl)cc2)N1C(=O)N1CCN(CC(=O)NC(C)(C)C)CC1. The Labute approximate surface area is 302 Å². The smallest absolute Gasteiger partial charge is 0.326 e. The van der Waals surface area contributed by atoms with Gasteiger partial charge in [-0.15, -0.1) is 0 Å². The molecule has 0 aliphatic carbocycles. The average Bonchev–Trinajstić information content (AvgIpc) is 3.41. The van der Waals surface area contributed by atoms with E-state index >= 15 is 0 Å². The van der Waals surface area contributed by atoms with Crippen LogP contribution in [0.3, 0.4) is 0 Å². The molecule has 3 N–H and O–H groups in total. The summed E-state index contributed by atoms with van der Waals surface area (Å²) in [6.45, 7) is 9.60. The maximum atomic E-state index is 14.8. The van der Waals surface area contributed by atoms with Crippen LogP contribution < -0.4 is 15.2 Å². The fourth-order valence-electron chi connectivity index (χ4n) is 5.97. The highest BCUT2D eigenvalue weighted by Gasteiger charge is 2.45. The lowest BCUT2D eigenvalue weighted by molar-refractivity contribution is -0.124. The Morgan fingerprint density at radius 3 is 2.04 bits per heavy atom. The molecule has 2 aliphatic heterocycles. The Morgan fingerprint density at radius 2 is 1.51 bits per heavy atom. The largest absolute Gasteiger partial charge is 0.493 e. The van der Waals surface area contributed by atoms with Gasteiger partial charge in [-0.1, -0.05) is 59.1 Å². The van der Waals surface area contributed by atoms with E-state index in [1.165, 1.54) is 12.1 Å². The van der Waals surface area contributed by atoms with Gasteiger partial charge in [0.15, 0.2) is 0 Å². The van der Waals surface area contributed by atoms with Crippen LogP contribution in [-0.4, -0.2) is 85.8 Å². The molecule has 15 heteroatoms. The summed E-state index contributed by atoms with van der Waals surface area (Å²) in [4.78, 5) is 37.5. The van der Waals surface area contributed by atoms with Gasteiger partial charge in [-0.05, 0) is 69.2 Å². The molecule has 3 aromatic carbocycles. The van der Waals surface area contributed by atoms with Crippen molar-refractivity contribution < 1.29 is 22.7 Å². The number of hydrogen-bond acceptors (Lipinski definition) is 7. The number of aliphatic imine (C=N–C) groups is 1. The third kappa shape index (κ3) is 8.68. The number of halogens is 3. The Hall–Kier alpha value is -3.39. The van der Waals surface area contributed by atoms with Gasteiger partial charge < -0.3 is 15.0 Å². The minimum atomic E-state index is -4.27. The normalized spacial score (nSPS) is 18.7. The van der Waals surface area contributed by atoms with Crippen molar-refractivity contribution in [2.24, 2.45) is 10.1 Å². The number of benzene rings is 3. The fourth-order valence-corrected chi connectivity index (χ4v) is 7.31. The zero-order valence-electron chi connectivity index (χ0n) is 27.6. The maximum Gasteiger partial charge on any atom is 0.326 e. The molecule has 0 spiro atoms. The second-order valence-corrected chi connectivity index (χ2v) is 15.7. The highest BCUT2D eigenvalue weighted by atomic mass is 35.5. The second-order valence-electron chi connectivity index (χ2n) is 12.9. The predicted octanol–water partition coefficient (Wildman–Crippen LogP) is 5.89. The number of carbonyl (C=O) groups excluding carboxylic acids is 2. The van der Waals surface area contributed by atoms with Crippen LogP contribution in [-0.2, 0) is 14.8 Å². The minimum absolute atomic E-state index is 0.0910. The van der Waals surface area contributed by atoms with E-state index < -0.39 is 22.1 Å². The summed E-state index contributed by atoms with van der Waals surface area (Å²) < 4.78 is 31.2. The third-order valence-electron chi connectivity index (χ3n) is 8.10. The minimum Gasteiger partial charge on any atom is -0.493 e. The molecule has 2 atom stereocenters. The number of rotatable bonds is 8. The summed E-state index contributed by atoms with van der Waals surface area (Å²) in [6, 6.07) is 15.3. The second kappa shape index (κ2) is 14.8. The summed E-state index contributed by atoms with van der Waals surface area (Å²) in [5.74, 6) is 0.325. The summed E-state index contributed by atoms with van der Waals surface area (Å²) >= 11 is 18.9. The third-order valence-corrected chi connectivity index (χ3v) is 9.98. The first-order valence-corrected chi connectivity index (χ1v) is 18.4. The average molecular weight is 750 g/mol. The number of amides is 3. The zero-order chi connectivity index (χ0) is 35.7. The van der Waals surface area contributed by atoms with Crippen LogP contribution >= 0.6 is 34.8 Å². The number of carbonyl (C=O) groups is 2. The van der Waals surface area contributed by atoms with Gasteiger partial charge in [-0.25, -0.2) is 18.4 Å². The topological polar surface area (TPSA) is 138 Å². The number of primary sulfonamides is 1.